The van der Waals surface area contributed by atoms with Crippen LogP contribution in [0.3, 0.4) is 0 Å². The summed E-state index contributed by atoms with van der Waals surface area (Å²) in [5, 5.41) is 0. The van der Waals surface area contributed by atoms with Gasteiger partial charge in [-0.2, -0.15) is 0 Å². The molecule has 0 aromatic carbocycles. The maximum Gasteiger partial charge on any atom is 0.0209 e. The van der Waals surface area contributed by atoms with Gasteiger partial charge >= 0.3 is 0 Å². The second-order valence-corrected chi connectivity index (χ2v) is 5.02. The highest BCUT2D eigenvalue weighted by Crippen LogP contribution is 1.90. The Morgan fingerprint density at radius 1 is 0.375 bits per heavy atom. The fourth-order valence-corrected chi connectivity index (χ4v) is 1.42. The van der Waals surface area contributed by atoms with Crippen molar-refractivity contribution in [3.8, 4) is 71.0 Å². The van der Waals surface area contributed by atoms with Gasteiger partial charge in [0.25, 0.3) is 0 Å². The highest BCUT2D eigenvalue weighted by Gasteiger charge is 1.76. The largest absolute Gasteiger partial charge is 0.0891 e. The molecule has 0 rings (SSSR count). The van der Waals surface area contributed by atoms with Gasteiger partial charge in [-0.1, -0.05) is 62.2 Å². The van der Waals surface area contributed by atoms with Crippen molar-refractivity contribution in [2.45, 2.75) is 78.1 Å². The predicted molar refractivity (Wildman–Crippen MR) is 104 cm³/mol. The fourth-order valence-electron chi connectivity index (χ4n) is 1.42. The lowest BCUT2D eigenvalue weighted by molar-refractivity contribution is 0.828. The molecule has 0 N–H and O–H groups in total. The quantitative estimate of drug-likeness (QED) is 0.481. The Morgan fingerprint density at radius 3 is 0.875 bits per heavy atom. The first-order valence-electron chi connectivity index (χ1n) is 8.79. The molecule has 0 bridgehead atoms. The van der Waals surface area contributed by atoms with Gasteiger partial charge < -0.3 is 0 Å². The van der Waals surface area contributed by atoms with Crippen LogP contribution in [0.1, 0.15) is 78.1 Å². The average molecular weight is 314 g/mol. The van der Waals surface area contributed by atoms with Gasteiger partial charge in [0.1, 0.15) is 0 Å². The fraction of sp³-hybridized carbons (Fsp3) is 0.500. The summed E-state index contributed by atoms with van der Waals surface area (Å²) in [7, 11) is 0. The third kappa shape index (κ3) is 19.4. The summed E-state index contributed by atoms with van der Waals surface area (Å²) in [6.45, 7) is 4.32. The molecule has 0 aromatic rings. The van der Waals surface area contributed by atoms with E-state index in [1.54, 1.807) is 0 Å². The number of hydrogen-bond donors (Lipinski definition) is 0. The van der Waals surface area contributed by atoms with Crippen LogP contribution in [-0.4, -0.2) is 0 Å². The molecule has 0 atom stereocenters. The summed E-state index contributed by atoms with van der Waals surface area (Å²) in [4.78, 5) is 0. The Bertz CT molecular complexity index is 618. The highest BCUT2D eigenvalue weighted by molar-refractivity contribution is 5.29. The topological polar surface area (TPSA) is 0 Å². The molecule has 0 saturated heterocycles. The lowest BCUT2D eigenvalue weighted by atomic mass is 10.2. The zero-order valence-corrected chi connectivity index (χ0v) is 15.1. The molecule has 0 radical (unpaired) electrons. The normalized spacial score (nSPS) is 7.25. The SMILES string of the molecule is CCCCC#CC#CCCC#CC#CCCC#CC#CCCCC. The van der Waals surface area contributed by atoms with Gasteiger partial charge in [-0.15, -0.1) is 0 Å². The molecule has 0 aromatic heterocycles. The first-order valence-corrected chi connectivity index (χ1v) is 8.79. The van der Waals surface area contributed by atoms with Crippen LogP contribution >= 0.6 is 0 Å². The van der Waals surface area contributed by atoms with E-state index in [1.807, 2.05) is 0 Å². The number of rotatable bonds is 6. The Balaban J connectivity index is 3.72. The smallest absolute Gasteiger partial charge is 0.0209 e. The maximum absolute atomic E-state index is 3.04. The van der Waals surface area contributed by atoms with E-state index in [4.69, 9.17) is 0 Å². The van der Waals surface area contributed by atoms with Crippen LogP contribution in [0.2, 0.25) is 0 Å². The molecule has 0 spiro atoms. The van der Waals surface area contributed by atoms with Crippen molar-refractivity contribution in [2.75, 3.05) is 0 Å². The molecular formula is C24H26. The molecule has 0 heterocycles. The standard InChI is InChI=1S/C24H26/c1-3-5-7-9-11-13-15-17-19-21-23-24-22-20-18-16-14-12-10-8-6-4-2/h3-8,17-20H2,1-2H3. The van der Waals surface area contributed by atoms with Crippen LogP contribution in [0.4, 0.5) is 0 Å². The van der Waals surface area contributed by atoms with E-state index in [9.17, 15) is 0 Å². The lowest BCUT2D eigenvalue weighted by Gasteiger charge is -1.81. The molecule has 0 fully saturated rings. The van der Waals surface area contributed by atoms with E-state index in [1.165, 1.54) is 12.8 Å². The summed E-state index contributed by atoms with van der Waals surface area (Å²) in [5.74, 6) is 35.2. The van der Waals surface area contributed by atoms with Gasteiger partial charge in [-0.25, -0.2) is 0 Å². The van der Waals surface area contributed by atoms with Crippen LogP contribution in [0.15, 0.2) is 0 Å². The average Bonchev–Trinajstić information content (AvgIpc) is 2.60. The van der Waals surface area contributed by atoms with Crippen LogP contribution in [0, 0.1) is 71.0 Å². The summed E-state index contributed by atoms with van der Waals surface area (Å²) >= 11 is 0. The van der Waals surface area contributed by atoms with Crippen molar-refractivity contribution in [3.05, 3.63) is 0 Å². The molecule has 0 amide bonds. The van der Waals surface area contributed by atoms with E-state index in [0.717, 1.165) is 51.4 Å². The first kappa shape index (κ1) is 21.4. The van der Waals surface area contributed by atoms with E-state index >= 15 is 0 Å². The van der Waals surface area contributed by atoms with E-state index in [-0.39, 0.29) is 0 Å². The van der Waals surface area contributed by atoms with Crippen molar-refractivity contribution >= 4 is 0 Å². The van der Waals surface area contributed by atoms with Crippen molar-refractivity contribution in [2.24, 2.45) is 0 Å². The van der Waals surface area contributed by atoms with Crippen LogP contribution < -0.4 is 0 Å². The lowest BCUT2D eigenvalue weighted by Crippen LogP contribution is -1.68. The Labute approximate surface area is 149 Å². The van der Waals surface area contributed by atoms with Crippen LogP contribution in [-0.2, 0) is 0 Å². The van der Waals surface area contributed by atoms with Gasteiger partial charge in [0.2, 0.25) is 0 Å². The minimum Gasteiger partial charge on any atom is -0.0891 e. The van der Waals surface area contributed by atoms with Crippen molar-refractivity contribution in [1.29, 1.82) is 0 Å². The second-order valence-electron chi connectivity index (χ2n) is 5.02. The molecule has 0 aliphatic carbocycles. The molecule has 0 aliphatic heterocycles. The molecule has 122 valence electrons. The van der Waals surface area contributed by atoms with Gasteiger partial charge in [-0.3, -0.25) is 0 Å². The Hall–Kier alpha value is -2.64. The Kier molecular flexibility index (Phi) is 18.1. The number of hydrogen-bond acceptors (Lipinski definition) is 0. The summed E-state index contributed by atoms with van der Waals surface area (Å²) in [5.41, 5.74) is 0. The van der Waals surface area contributed by atoms with Crippen molar-refractivity contribution in [1.82, 2.24) is 0 Å². The molecule has 0 heteroatoms. The monoisotopic (exact) mass is 314 g/mol. The molecule has 0 nitrogen and oxygen atoms in total. The molecule has 0 aliphatic rings. The van der Waals surface area contributed by atoms with Crippen molar-refractivity contribution in [3.63, 3.8) is 0 Å². The van der Waals surface area contributed by atoms with Crippen molar-refractivity contribution < 1.29 is 0 Å². The van der Waals surface area contributed by atoms with Gasteiger partial charge in [0.05, 0.1) is 0 Å². The Morgan fingerprint density at radius 2 is 0.625 bits per heavy atom. The van der Waals surface area contributed by atoms with E-state index in [0.29, 0.717) is 0 Å². The predicted octanol–water partition coefficient (Wildman–Crippen LogP) is 4.95. The first-order chi connectivity index (χ1) is 11.9. The van der Waals surface area contributed by atoms with E-state index < -0.39 is 0 Å². The minimum absolute atomic E-state index is 0.742. The zero-order valence-electron chi connectivity index (χ0n) is 15.1. The highest BCUT2D eigenvalue weighted by atomic mass is 13.8. The van der Waals surface area contributed by atoms with Crippen LogP contribution in [0.5, 0.6) is 0 Å². The molecule has 0 saturated carbocycles. The second kappa shape index (κ2) is 20.4. The van der Waals surface area contributed by atoms with Gasteiger partial charge in [0, 0.05) is 38.5 Å². The molecule has 24 heavy (non-hydrogen) atoms. The third-order valence-electron chi connectivity index (χ3n) is 2.78. The van der Waals surface area contributed by atoms with Gasteiger partial charge in [-0.05, 0) is 48.4 Å². The molecular weight excluding hydrogens is 288 g/mol. The van der Waals surface area contributed by atoms with E-state index in [2.05, 4.69) is 84.9 Å². The number of unbranched alkanes of at least 4 members (excludes halogenated alkanes) is 6. The van der Waals surface area contributed by atoms with Crippen LogP contribution in [0.25, 0.3) is 0 Å². The minimum atomic E-state index is 0.742. The summed E-state index contributed by atoms with van der Waals surface area (Å²) in [6, 6.07) is 0. The summed E-state index contributed by atoms with van der Waals surface area (Å²) < 4.78 is 0. The van der Waals surface area contributed by atoms with Gasteiger partial charge in [0.15, 0.2) is 0 Å². The maximum atomic E-state index is 3.04. The molecule has 0 unspecified atom stereocenters. The zero-order chi connectivity index (χ0) is 17.6. The summed E-state index contributed by atoms with van der Waals surface area (Å²) in [6.07, 6.45) is 9.52. The third-order valence-corrected chi connectivity index (χ3v) is 2.78.